The molecule has 3 N–H and O–H groups in total. The predicted octanol–water partition coefficient (Wildman–Crippen LogP) is 1.11. The molecular weight excluding hydrogens is 628 g/mol. The van der Waals surface area contributed by atoms with Gasteiger partial charge in [-0.2, -0.15) is 0 Å². The molecule has 4 saturated carbocycles. The normalized spacial score (nSPS) is 27.1. The van der Waals surface area contributed by atoms with Gasteiger partial charge in [0.1, 0.15) is 0 Å². The van der Waals surface area contributed by atoms with Crippen LogP contribution >= 0.6 is 0 Å². The van der Waals surface area contributed by atoms with Crippen LogP contribution in [-0.4, -0.2) is 30.6 Å². The Balaban J connectivity index is 1.31. The summed E-state index contributed by atoms with van der Waals surface area (Å²) in [5.41, 5.74) is 1.71. The smallest absolute Gasteiger partial charge is 0.286 e. The lowest BCUT2D eigenvalue weighted by Crippen LogP contribution is -2.65. The number of hydrogen-bond acceptors (Lipinski definition) is 13. The van der Waals surface area contributed by atoms with Crippen molar-refractivity contribution < 1.29 is 43.0 Å². The lowest BCUT2D eigenvalue weighted by atomic mass is 9.34. The topological polar surface area (TPSA) is 249 Å². The summed E-state index contributed by atoms with van der Waals surface area (Å²) in [6, 6.07) is 2.81. The van der Waals surface area contributed by atoms with Gasteiger partial charge >= 0.3 is 0 Å². The van der Waals surface area contributed by atoms with Crippen LogP contribution in [-0.2, 0) is 0 Å². The van der Waals surface area contributed by atoms with Gasteiger partial charge in [-0.25, -0.2) is 0 Å². The van der Waals surface area contributed by atoms with E-state index in [1.165, 1.54) is 0 Å². The van der Waals surface area contributed by atoms with E-state index in [-0.39, 0.29) is 25.9 Å². The molecule has 0 radical (unpaired) electrons. The summed E-state index contributed by atoms with van der Waals surface area (Å²) in [5.74, 6) is -6.93. The van der Waals surface area contributed by atoms with Crippen LogP contribution in [0.25, 0.3) is 0 Å². The molecule has 3 aromatic rings. The first kappa shape index (κ1) is 32.9. The molecule has 48 heavy (non-hydrogen) atoms. The third-order valence-electron chi connectivity index (χ3n) is 10.5. The second-order valence-corrected chi connectivity index (χ2v) is 14.1. The van der Waals surface area contributed by atoms with E-state index in [1.54, 1.807) is 0 Å². The van der Waals surface area contributed by atoms with Gasteiger partial charge in [-0.1, -0.05) is 0 Å². The van der Waals surface area contributed by atoms with Gasteiger partial charge in [0.15, 0.2) is 45.1 Å². The third kappa shape index (κ3) is 5.84. The SMILES string of the molecule is NCC12CC3(CNC(=O)c4occc(=O)c4[O-])C[C@](CCC(=O)c4occc(=O)c4[O-])(C1)C[C@](CCC(=O)c1occc(=O)c1[O-])(C2)C3. The summed E-state index contributed by atoms with van der Waals surface area (Å²) in [6.45, 7) is 0.344. The second-order valence-electron chi connectivity index (χ2n) is 14.1. The number of rotatable bonds is 12. The highest BCUT2D eigenvalue weighted by Gasteiger charge is 2.67. The van der Waals surface area contributed by atoms with Gasteiger partial charge in [-0.3, -0.25) is 28.8 Å². The van der Waals surface area contributed by atoms with E-state index in [1.807, 2.05) is 0 Å². The second kappa shape index (κ2) is 11.9. The van der Waals surface area contributed by atoms with Crippen LogP contribution in [0.15, 0.2) is 64.6 Å². The molecule has 4 aliphatic carbocycles. The monoisotopic (exact) mass is 661 g/mol. The Morgan fingerprint density at radius 1 is 0.625 bits per heavy atom. The molecule has 0 spiro atoms. The molecule has 254 valence electrons. The Hall–Kier alpha value is -4.98. The van der Waals surface area contributed by atoms with Crippen molar-refractivity contribution in [2.45, 2.75) is 64.2 Å². The van der Waals surface area contributed by atoms with Crippen molar-refractivity contribution in [3.8, 4) is 17.2 Å². The van der Waals surface area contributed by atoms with Crippen LogP contribution in [0, 0.1) is 21.7 Å². The van der Waals surface area contributed by atoms with Gasteiger partial charge in [0.25, 0.3) is 5.91 Å². The standard InChI is InChI=1S/C34H36N2O12/c35-17-33-12-31(6-1-22(40)27-24(42)19(37)3-8-46-27)11-32(13-33,7-2-23(41)28-25(43)20(38)4-9-47-28)15-34(14-31,16-33)18-36-30(45)29-26(44)21(39)5-10-48-29/h3-5,8-10,42-44H,1-2,6-7,11-18,35H2,(H,36,45)/p-3/t31-,32+,33?,34?. The van der Waals surface area contributed by atoms with Crippen molar-refractivity contribution in [2.24, 2.45) is 27.4 Å². The van der Waals surface area contributed by atoms with Gasteiger partial charge in [0, 0.05) is 37.6 Å². The minimum Gasteiger partial charge on any atom is -0.867 e. The molecule has 1 amide bonds. The van der Waals surface area contributed by atoms with Crippen molar-refractivity contribution >= 4 is 17.5 Å². The van der Waals surface area contributed by atoms with Crippen LogP contribution in [0.2, 0.25) is 0 Å². The molecule has 14 heteroatoms. The number of carbonyl (C=O) groups excluding carboxylic acids is 3. The highest BCUT2D eigenvalue weighted by atomic mass is 16.4. The average Bonchev–Trinajstić information content (AvgIpc) is 3.05. The molecule has 4 atom stereocenters. The largest absolute Gasteiger partial charge is 0.867 e. The number of Topliss-reactive ketones (excluding diaryl/α,β-unsaturated/α-hetero) is 2. The van der Waals surface area contributed by atoms with Gasteiger partial charge in [0.05, 0.1) is 18.8 Å². The summed E-state index contributed by atoms with van der Waals surface area (Å²) in [6.07, 6.45) is 6.86. The quantitative estimate of drug-likeness (QED) is 0.258. The maximum absolute atomic E-state index is 13.2. The van der Waals surface area contributed by atoms with E-state index in [0.717, 1.165) is 37.0 Å². The fourth-order valence-electron chi connectivity index (χ4n) is 9.55. The summed E-state index contributed by atoms with van der Waals surface area (Å²) in [7, 11) is 0. The minimum absolute atomic E-state index is 0.0769. The van der Waals surface area contributed by atoms with Crippen molar-refractivity contribution in [2.75, 3.05) is 13.1 Å². The fourth-order valence-corrected chi connectivity index (χ4v) is 9.55. The molecule has 0 saturated heterocycles. The molecular formula is C34H33N2O12-3. The zero-order chi connectivity index (χ0) is 34.5. The first-order chi connectivity index (χ1) is 22.7. The molecule has 3 heterocycles. The van der Waals surface area contributed by atoms with Crippen molar-refractivity contribution in [3.63, 3.8) is 0 Å². The molecule has 7 rings (SSSR count). The fraction of sp³-hybridized carbons (Fsp3) is 0.471. The highest BCUT2D eigenvalue weighted by Crippen LogP contribution is 2.75. The lowest BCUT2D eigenvalue weighted by molar-refractivity contribution is -0.272. The van der Waals surface area contributed by atoms with Crippen molar-refractivity contribution in [1.82, 2.24) is 5.32 Å². The molecule has 4 fully saturated rings. The Labute approximate surface area is 272 Å². The number of ketones is 2. The van der Waals surface area contributed by atoms with E-state index >= 15 is 0 Å². The number of nitrogens with one attached hydrogen (secondary N) is 1. The summed E-state index contributed by atoms with van der Waals surface area (Å²) >= 11 is 0. The zero-order valence-electron chi connectivity index (χ0n) is 25.9. The summed E-state index contributed by atoms with van der Waals surface area (Å²) < 4.78 is 15.3. The number of hydrogen-bond donors (Lipinski definition) is 2. The van der Waals surface area contributed by atoms with Crippen LogP contribution < -0.4 is 42.7 Å². The molecule has 4 bridgehead atoms. The number of amides is 1. The molecule has 0 aromatic carbocycles. The molecule has 4 aliphatic rings. The first-order valence-corrected chi connectivity index (χ1v) is 15.6. The van der Waals surface area contributed by atoms with E-state index in [0.29, 0.717) is 51.4 Å². The maximum Gasteiger partial charge on any atom is 0.286 e. The van der Waals surface area contributed by atoms with E-state index in [4.69, 9.17) is 19.0 Å². The van der Waals surface area contributed by atoms with Gasteiger partial charge < -0.3 is 39.6 Å². The van der Waals surface area contributed by atoms with Gasteiger partial charge in [-0.15, -0.1) is 0 Å². The molecule has 14 nitrogen and oxygen atoms in total. The highest BCUT2D eigenvalue weighted by molar-refractivity contribution is 5.96. The number of nitrogens with two attached hydrogens (primary N) is 1. The van der Waals surface area contributed by atoms with E-state index < -0.39 is 89.9 Å². The van der Waals surface area contributed by atoms with Crippen LogP contribution in [0.1, 0.15) is 95.9 Å². The Kier molecular flexibility index (Phi) is 8.18. The van der Waals surface area contributed by atoms with Crippen molar-refractivity contribution in [1.29, 1.82) is 0 Å². The van der Waals surface area contributed by atoms with E-state index in [2.05, 4.69) is 5.32 Å². The first-order valence-electron chi connectivity index (χ1n) is 15.6. The maximum atomic E-state index is 13.2. The minimum atomic E-state index is -1.07. The van der Waals surface area contributed by atoms with E-state index in [9.17, 15) is 44.1 Å². The van der Waals surface area contributed by atoms with Crippen LogP contribution in [0.5, 0.6) is 17.2 Å². The van der Waals surface area contributed by atoms with Crippen LogP contribution in [0.4, 0.5) is 0 Å². The van der Waals surface area contributed by atoms with Crippen molar-refractivity contribution in [3.05, 3.63) is 84.9 Å². The van der Waals surface area contributed by atoms with Crippen LogP contribution in [0.3, 0.4) is 0 Å². The third-order valence-corrected chi connectivity index (χ3v) is 10.5. The van der Waals surface area contributed by atoms with Gasteiger partial charge in [0.2, 0.25) is 0 Å². The molecule has 2 unspecified atom stereocenters. The lowest BCUT2D eigenvalue weighted by Gasteiger charge is -2.71. The van der Waals surface area contributed by atoms with Gasteiger partial charge in [-0.05, 0) is 96.8 Å². The zero-order valence-corrected chi connectivity index (χ0v) is 25.9. The Bertz CT molecular complexity index is 1740. The summed E-state index contributed by atoms with van der Waals surface area (Å²) in [5, 5.41) is 39.8. The molecule has 3 aromatic heterocycles. The predicted molar refractivity (Wildman–Crippen MR) is 159 cm³/mol. The summed E-state index contributed by atoms with van der Waals surface area (Å²) in [4.78, 5) is 75.1. The Morgan fingerprint density at radius 2 is 1.00 bits per heavy atom. The average molecular weight is 662 g/mol. The molecule has 0 aliphatic heterocycles. The Morgan fingerprint density at radius 3 is 1.46 bits per heavy atom. The number of carbonyl (C=O) groups is 3.